The summed E-state index contributed by atoms with van der Waals surface area (Å²) in [6.45, 7) is 1.82. The largest absolute Gasteiger partial charge is 0.390 e. The molecular weight excluding hydrogens is 247 g/mol. The van der Waals surface area contributed by atoms with E-state index in [1.165, 1.54) is 0 Å². The monoisotopic (exact) mass is 256 g/mol. The summed E-state index contributed by atoms with van der Waals surface area (Å²) in [5.41, 5.74) is 2.28. The van der Waals surface area contributed by atoms with Crippen molar-refractivity contribution in [3.63, 3.8) is 0 Å². The van der Waals surface area contributed by atoms with Crippen LogP contribution in [0.1, 0.15) is 11.4 Å². The van der Waals surface area contributed by atoms with Crippen molar-refractivity contribution in [2.45, 2.75) is 13.5 Å². The van der Waals surface area contributed by atoms with E-state index in [-0.39, 0.29) is 6.61 Å². The molecule has 0 bridgehead atoms. The highest BCUT2D eigenvalue weighted by molar-refractivity contribution is 6.35. The number of hydrogen-bond donors (Lipinski definition) is 1. The van der Waals surface area contributed by atoms with Crippen molar-refractivity contribution in [2.75, 3.05) is 0 Å². The molecule has 0 unspecified atom stereocenters. The first-order chi connectivity index (χ1) is 7.61. The number of hydrogen-bond acceptors (Lipinski definition) is 2. The zero-order valence-corrected chi connectivity index (χ0v) is 10.1. The fourth-order valence-electron chi connectivity index (χ4n) is 1.51. The van der Waals surface area contributed by atoms with E-state index in [4.69, 9.17) is 28.3 Å². The van der Waals surface area contributed by atoms with Gasteiger partial charge in [0.2, 0.25) is 0 Å². The summed E-state index contributed by atoms with van der Waals surface area (Å²) < 4.78 is 1.68. The maximum Gasteiger partial charge on any atom is 0.0886 e. The number of halogens is 2. The van der Waals surface area contributed by atoms with Crippen LogP contribution in [0, 0.1) is 6.92 Å². The van der Waals surface area contributed by atoms with Gasteiger partial charge >= 0.3 is 0 Å². The third-order valence-electron chi connectivity index (χ3n) is 2.24. The summed E-state index contributed by atoms with van der Waals surface area (Å²) in [6, 6.07) is 7.03. The third-order valence-corrected chi connectivity index (χ3v) is 2.78. The van der Waals surface area contributed by atoms with Crippen molar-refractivity contribution in [2.24, 2.45) is 0 Å². The lowest BCUT2D eigenvalue weighted by molar-refractivity contribution is 0.276. The number of aryl methyl sites for hydroxylation is 1. The van der Waals surface area contributed by atoms with Crippen molar-refractivity contribution in [1.29, 1.82) is 0 Å². The fourth-order valence-corrected chi connectivity index (χ4v) is 2.00. The van der Waals surface area contributed by atoms with Gasteiger partial charge in [0, 0.05) is 10.7 Å². The Morgan fingerprint density at radius 1 is 1.31 bits per heavy atom. The summed E-state index contributed by atoms with van der Waals surface area (Å²) in [6.07, 6.45) is 0. The average molecular weight is 257 g/mol. The molecule has 0 radical (unpaired) electrons. The van der Waals surface area contributed by atoms with Gasteiger partial charge < -0.3 is 5.11 Å². The Morgan fingerprint density at radius 3 is 2.62 bits per heavy atom. The molecule has 0 aliphatic rings. The second-order valence-electron chi connectivity index (χ2n) is 3.44. The zero-order chi connectivity index (χ0) is 11.7. The Labute approximate surface area is 103 Å². The molecule has 3 nitrogen and oxygen atoms in total. The standard InChI is InChI=1S/C11H10Cl2N2O/c1-7-4-9(6-16)14-15(7)11-3-2-8(12)5-10(11)13/h2-5,16H,6H2,1H3. The molecule has 0 atom stereocenters. The minimum Gasteiger partial charge on any atom is -0.390 e. The number of aliphatic hydroxyl groups is 1. The van der Waals surface area contributed by atoms with Crippen LogP contribution in [0.5, 0.6) is 0 Å². The number of aliphatic hydroxyl groups excluding tert-OH is 1. The minimum absolute atomic E-state index is 0.0843. The van der Waals surface area contributed by atoms with E-state index in [9.17, 15) is 0 Å². The van der Waals surface area contributed by atoms with Crippen LogP contribution in [0.2, 0.25) is 10.0 Å². The molecule has 16 heavy (non-hydrogen) atoms. The Morgan fingerprint density at radius 2 is 2.06 bits per heavy atom. The Hall–Kier alpha value is -1.03. The SMILES string of the molecule is Cc1cc(CO)nn1-c1ccc(Cl)cc1Cl. The lowest BCUT2D eigenvalue weighted by atomic mass is 10.3. The number of aromatic nitrogens is 2. The van der Waals surface area contributed by atoms with Crippen LogP contribution in [-0.4, -0.2) is 14.9 Å². The molecule has 0 aliphatic heterocycles. The predicted molar refractivity (Wildman–Crippen MR) is 64.2 cm³/mol. The van der Waals surface area contributed by atoms with E-state index in [2.05, 4.69) is 5.10 Å². The van der Waals surface area contributed by atoms with Crippen LogP contribution < -0.4 is 0 Å². The topological polar surface area (TPSA) is 38.1 Å². The van der Waals surface area contributed by atoms with E-state index in [0.29, 0.717) is 15.7 Å². The molecular formula is C11H10Cl2N2O. The molecule has 1 aromatic carbocycles. The molecule has 0 saturated heterocycles. The molecule has 0 fully saturated rings. The summed E-state index contributed by atoms with van der Waals surface area (Å²) in [5.74, 6) is 0. The molecule has 0 saturated carbocycles. The lowest BCUT2D eigenvalue weighted by Crippen LogP contribution is -2.00. The van der Waals surface area contributed by atoms with Gasteiger partial charge in [-0.15, -0.1) is 0 Å². The zero-order valence-electron chi connectivity index (χ0n) is 8.61. The molecule has 0 spiro atoms. The smallest absolute Gasteiger partial charge is 0.0886 e. The highest BCUT2D eigenvalue weighted by Gasteiger charge is 2.09. The first kappa shape index (κ1) is 11.5. The lowest BCUT2D eigenvalue weighted by Gasteiger charge is -2.06. The van der Waals surface area contributed by atoms with Crippen molar-refractivity contribution in [1.82, 2.24) is 9.78 Å². The summed E-state index contributed by atoms with van der Waals surface area (Å²) in [7, 11) is 0. The normalized spacial score (nSPS) is 10.8. The van der Waals surface area contributed by atoms with Crippen LogP contribution in [0.25, 0.3) is 5.69 Å². The van der Waals surface area contributed by atoms with E-state index in [0.717, 1.165) is 11.4 Å². The van der Waals surface area contributed by atoms with Crippen molar-refractivity contribution in [3.05, 3.63) is 45.7 Å². The highest BCUT2D eigenvalue weighted by atomic mass is 35.5. The molecule has 1 N–H and O–H groups in total. The molecule has 84 valence electrons. The Bertz CT molecular complexity index is 523. The summed E-state index contributed by atoms with van der Waals surface area (Å²) in [5, 5.41) is 14.3. The van der Waals surface area contributed by atoms with Gasteiger partial charge in [0.15, 0.2) is 0 Å². The molecule has 0 aliphatic carbocycles. The summed E-state index contributed by atoms with van der Waals surface area (Å²) >= 11 is 11.9. The molecule has 1 aromatic heterocycles. The van der Waals surface area contributed by atoms with Gasteiger partial charge in [-0.05, 0) is 31.2 Å². The van der Waals surface area contributed by atoms with Gasteiger partial charge in [-0.2, -0.15) is 5.10 Å². The Balaban J connectivity index is 2.53. The quantitative estimate of drug-likeness (QED) is 0.898. The van der Waals surface area contributed by atoms with E-state index in [1.54, 1.807) is 22.9 Å². The first-order valence-corrected chi connectivity index (χ1v) is 5.49. The molecule has 1 heterocycles. The number of rotatable bonds is 2. The fraction of sp³-hybridized carbons (Fsp3) is 0.182. The predicted octanol–water partition coefficient (Wildman–Crippen LogP) is 2.98. The molecule has 5 heteroatoms. The van der Waals surface area contributed by atoms with Crippen LogP contribution in [0.15, 0.2) is 24.3 Å². The van der Waals surface area contributed by atoms with Gasteiger partial charge in [0.1, 0.15) is 0 Å². The molecule has 2 aromatic rings. The average Bonchev–Trinajstić information content (AvgIpc) is 2.60. The van der Waals surface area contributed by atoms with Gasteiger partial charge in [-0.1, -0.05) is 23.2 Å². The van der Waals surface area contributed by atoms with Crippen LogP contribution in [0.3, 0.4) is 0 Å². The highest BCUT2D eigenvalue weighted by Crippen LogP contribution is 2.25. The second kappa shape index (κ2) is 4.45. The van der Waals surface area contributed by atoms with Crippen molar-refractivity contribution < 1.29 is 5.11 Å². The van der Waals surface area contributed by atoms with Gasteiger partial charge in [0.25, 0.3) is 0 Å². The maximum atomic E-state index is 9.01. The Kier molecular flexibility index (Phi) is 3.19. The molecule has 2 rings (SSSR count). The molecule has 0 amide bonds. The van der Waals surface area contributed by atoms with Crippen LogP contribution >= 0.6 is 23.2 Å². The maximum absolute atomic E-state index is 9.01. The second-order valence-corrected chi connectivity index (χ2v) is 4.29. The third kappa shape index (κ3) is 2.07. The summed E-state index contributed by atoms with van der Waals surface area (Å²) in [4.78, 5) is 0. The minimum atomic E-state index is -0.0843. The van der Waals surface area contributed by atoms with Gasteiger partial charge in [-0.3, -0.25) is 0 Å². The van der Waals surface area contributed by atoms with E-state index in [1.807, 2.05) is 13.0 Å². The number of nitrogens with zero attached hydrogens (tertiary/aromatic N) is 2. The van der Waals surface area contributed by atoms with Gasteiger partial charge in [0.05, 0.1) is 23.0 Å². The van der Waals surface area contributed by atoms with Crippen molar-refractivity contribution in [3.8, 4) is 5.69 Å². The van der Waals surface area contributed by atoms with Crippen molar-refractivity contribution >= 4 is 23.2 Å². The van der Waals surface area contributed by atoms with Crippen LogP contribution in [0.4, 0.5) is 0 Å². The van der Waals surface area contributed by atoms with Crippen LogP contribution in [-0.2, 0) is 6.61 Å². The number of benzene rings is 1. The first-order valence-electron chi connectivity index (χ1n) is 4.73. The van der Waals surface area contributed by atoms with Gasteiger partial charge in [-0.25, -0.2) is 4.68 Å². The van der Waals surface area contributed by atoms with E-state index >= 15 is 0 Å². The van der Waals surface area contributed by atoms with E-state index < -0.39 is 0 Å².